The van der Waals surface area contributed by atoms with Crippen LogP contribution in [0.4, 0.5) is 18.9 Å². The summed E-state index contributed by atoms with van der Waals surface area (Å²) in [7, 11) is 0. The second-order valence-corrected chi connectivity index (χ2v) is 10.6. The Morgan fingerprint density at radius 2 is 1.78 bits per heavy atom. The molecule has 2 saturated carbocycles. The van der Waals surface area contributed by atoms with Crippen molar-refractivity contribution in [3.8, 4) is 0 Å². The zero-order chi connectivity index (χ0) is 25.4. The van der Waals surface area contributed by atoms with E-state index >= 15 is 0 Å². The van der Waals surface area contributed by atoms with Crippen molar-refractivity contribution in [1.82, 2.24) is 15.5 Å². The Morgan fingerprint density at radius 3 is 2.44 bits per heavy atom. The summed E-state index contributed by atoms with van der Waals surface area (Å²) in [6.45, 7) is 0.205. The topological polar surface area (TPSA) is 81.8 Å². The van der Waals surface area contributed by atoms with Gasteiger partial charge in [0.1, 0.15) is 6.04 Å². The lowest BCUT2D eigenvalue weighted by Crippen LogP contribution is -2.52. The zero-order valence-electron chi connectivity index (χ0n) is 20.3. The number of carbonyl (C=O) groups excluding carboxylic acids is 3. The quantitative estimate of drug-likeness (QED) is 0.528. The van der Waals surface area contributed by atoms with Gasteiger partial charge in [-0.3, -0.25) is 19.7 Å². The van der Waals surface area contributed by atoms with E-state index in [0.29, 0.717) is 31.4 Å². The van der Waals surface area contributed by atoms with Gasteiger partial charge < -0.3 is 15.1 Å². The van der Waals surface area contributed by atoms with Crippen LogP contribution in [-0.2, 0) is 16.1 Å². The molecule has 36 heavy (non-hydrogen) atoms. The van der Waals surface area contributed by atoms with E-state index in [-0.39, 0.29) is 30.3 Å². The van der Waals surface area contributed by atoms with Gasteiger partial charge in [0, 0.05) is 48.4 Å². The van der Waals surface area contributed by atoms with Crippen LogP contribution in [0.1, 0.15) is 73.7 Å². The number of hydrogen-bond donors (Lipinski definition) is 2. The molecule has 1 unspecified atom stereocenters. The normalized spacial score (nSPS) is 26.7. The fourth-order valence-electron chi connectivity index (χ4n) is 5.92. The van der Waals surface area contributed by atoms with Gasteiger partial charge in [0.25, 0.3) is 5.91 Å². The fourth-order valence-corrected chi connectivity index (χ4v) is 5.92. The van der Waals surface area contributed by atoms with E-state index in [4.69, 9.17) is 0 Å². The molecule has 2 N–H and O–H groups in total. The minimum absolute atomic E-state index is 0.140. The Morgan fingerprint density at radius 1 is 1.03 bits per heavy atom. The van der Waals surface area contributed by atoms with Crippen molar-refractivity contribution in [3.05, 3.63) is 29.3 Å². The van der Waals surface area contributed by atoms with Gasteiger partial charge in [0.2, 0.25) is 11.8 Å². The number of rotatable bonds is 8. The maximum atomic E-state index is 13.3. The van der Waals surface area contributed by atoms with Crippen LogP contribution in [0.3, 0.4) is 0 Å². The third-order valence-electron chi connectivity index (χ3n) is 8.07. The molecule has 4 aliphatic rings. The number of amides is 3. The molecule has 7 nitrogen and oxygen atoms in total. The molecule has 3 fully saturated rings. The van der Waals surface area contributed by atoms with Gasteiger partial charge in [-0.2, -0.15) is 13.2 Å². The predicted octanol–water partition coefficient (Wildman–Crippen LogP) is 3.52. The average molecular weight is 507 g/mol. The molecule has 2 heterocycles. The predicted molar refractivity (Wildman–Crippen MR) is 127 cm³/mol. The number of anilines is 1. The number of nitrogens with zero attached hydrogens (tertiary/aromatic N) is 2. The summed E-state index contributed by atoms with van der Waals surface area (Å²) in [5, 5.41) is 5.01. The molecule has 0 spiro atoms. The molecule has 0 radical (unpaired) electrons. The van der Waals surface area contributed by atoms with E-state index < -0.39 is 24.7 Å². The summed E-state index contributed by atoms with van der Waals surface area (Å²) >= 11 is 0. The molecule has 1 aromatic carbocycles. The van der Waals surface area contributed by atoms with Gasteiger partial charge in [-0.1, -0.05) is 18.9 Å². The number of halogens is 3. The van der Waals surface area contributed by atoms with Gasteiger partial charge in [0.15, 0.2) is 0 Å². The number of carbonyl (C=O) groups is 3. The van der Waals surface area contributed by atoms with Crippen LogP contribution >= 0.6 is 0 Å². The lowest BCUT2D eigenvalue weighted by molar-refractivity contribution is -0.137. The molecule has 1 aromatic rings. The Bertz CT molecular complexity index is 1020. The Labute approximate surface area is 208 Å². The summed E-state index contributed by atoms with van der Waals surface area (Å²) in [6.07, 6.45) is 2.77. The molecule has 2 aliphatic heterocycles. The number of imide groups is 1. The highest BCUT2D eigenvalue weighted by Crippen LogP contribution is 2.39. The van der Waals surface area contributed by atoms with E-state index in [0.717, 1.165) is 43.0 Å². The molecule has 1 atom stereocenters. The third-order valence-corrected chi connectivity index (χ3v) is 8.07. The minimum atomic E-state index is -4.21. The minimum Gasteiger partial charge on any atom is -0.368 e. The van der Waals surface area contributed by atoms with Crippen LogP contribution in [0, 0.1) is 5.92 Å². The van der Waals surface area contributed by atoms with Crippen molar-refractivity contribution in [3.63, 3.8) is 0 Å². The SMILES string of the molecule is O=C1CCC(N2Cc3c(cccc3N(CCC3CC3)C3CCC(NCC(F)(F)F)CC3)C2=O)C(=O)N1. The summed E-state index contributed by atoms with van der Waals surface area (Å²) in [5.41, 5.74) is 2.48. The third kappa shape index (κ3) is 5.53. The summed E-state index contributed by atoms with van der Waals surface area (Å²) in [6, 6.07) is 5.09. The first-order chi connectivity index (χ1) is 17.2. The smallest absolute Gasteiger partial charge is 0.368 e. The highest BCUT2D eigenvalue weighted by Gasteiger charge is 2.41. The standard InChI is InChI=1S/C26H33F3N4O3/c27-26(28,29)15-30-17-6-8-18(9-7-17)32(13-12-16-4-5-16)21-3-1-2-19-20(21)14-33(25(19)36)22-10-11-23(34)31-24(22)35/h1-3,16-18,22,30H,4-15H2,(H,31,34,35). The molecule has 1 saturated heterocycles. The summed E-state index contributed by atoms with van der Waals surface area (Å²) in [4.78, 5) is 41.3. The molecule has 2 aliphatic carbocycles. The maximum Gasteiger partial charge on any atom is 0.401 e. The Balaban J connectivity index is 1.33. The number of piperidine rings is 1. The summed E-state index contributed by atoms with van der Waals surface area (Å²) < 4.78 is 37.9. The Kier molecular flexibility index (Phi) is 6.98. The molecular weight excluding hydrogens is 473 g/mol. The van der Waals surface area contributed by atoms with Gasteiger partial charge in [0.05, 0.1) is 6.54 Å². The van der Waals surface area contributed by atoms with Crippen LogP contribution in [-0.4, -0.2) is 60.0 Å². The van der Waals surface area contributed by atoms with Crippen LogP contribution in [0.2, 0.25) is 0 Å². The highest BCUT2D eigenvalue weighted by atomic mass is 19.4. The lowest BCUT2D eigenvalue weighted by atomic mass is 9.89. The van der Waals surface area contributed by atoms with Gasteiger partial charge in [-0.15, -0.1) is 0 Å². The van der Waals surface area contributed by atoms with Crippen molar-refractivity contribution in [2.45, 2.75) is 88.6 Å². The first kappa shape index (κ1) is 25.0. The second-order valence-electron chi connectivity index (χ2n) is 10.6. The molecule has 0 aromatic heterocycles. The second kappa shape index (κ2) is 10.0. The van der Waals surface area contributed by atoms with Crippen LogP contribution in [0.5, 0.6) is 0 Å². The molecule has 5 rings (SSSR count). The van der Waals surface area contributed by atoms with Gasteiger partial charge in [-0.05, 0) is 56.6 Å². The first-order valence-corrected chi connectivity index (χ1v) is 13.0. The van der Waals surface area contributed by atoms with Crippen molar-refractivity contribution in [1.29, 1.82) is 0 Å². The largest absolute Gasteiger partial charge is 0.401 e. The van der Waals surface area contributed by atoms with Crippen molar-refractivity contribution >= 4 is 23.4 Å². The summed E-state index contributed by atoms with van der Waals surface area (Å²) in [5.74, 6) is -0.212. The number of alkyl halides is 3. The number of hydrogen-bond acceptors (Lipinski definition) is 5. The molecule has 10 heteroatoms. The van der Waals surface area contributed by atoms with Gasteiger partial charge in [-0.25, -0.2) is 0 Å². The zero-order valence-corrected chi connectivity index (χ0v) is 20.3. The maximum absolute atomic E-state index is 13.3. The molecule has 0 bridgehead atoms. The average Bonchev–Trinajstić information content (AvgIpc) is 3.61. The lowest BCUT2D eigenvalue weighted by Gasteiger charge is -2.40. The Hall–Kier alpha value is -2.62. The van der Waals surface area contributed by atoms with Crippen LogP contribution in [0.15, 0.2) is 18.2 Å². The van der Waals surface area contributed by atoms with E-state index in [1.807, 2.05) is 12.1 Å². The van der Waals surface area contributed by atoms with Crippen LogP contribution in [0.25, 0.3) is 0 Å². The van der Waals surface area contributed by atoms with Crippen molar-refractivity contribution in [2.24, 2.45) is 5.92 Å². The number of benzene rings is 1. The highest BCUT2D eigenvalue weighted by molar-refractivity contribution is 6.06. The molecular formula is C26H33F3N4O3. The number of fused-ring (bicyclic) bond motifs is 1. The van der Waals surface area contributed by atoms with E-state index in [1.54, 1.807) is 11.0 Å². The van der Waals surface area contributed by atoms with Crippen molar-refractivity contribution in [2.75, 3.05) is 18.0 Å². The monoisotopic (exact) mass is 506 g/mol. The molecule has 196 valence electrons. The van der Waals surface area contributed by atoms with E-state index in [2.05, 4.69) is 15.5 Å². The molecule has 3 amide bonds. The first-order valence-electron chi connectivity index (χ1n) is 13.0. The number of nitrogens with one attached hydrogen (secondary N) is 2. The van der Waals surface area contributed by atoms with Crippen LogP contribution < -0.4 is 15.5 Å². The van der Waals surface area contributed by atoms with E-state index in [1.165, 1.54) is 12.8 Å². The van der Waals surface area contributed by atoms with Gasteiger partial charge >= 0.3 is 6.18 Å². The van der Waals surface area contributed by atoms with E-state index in [9.17, 15) is 27.6 Å². The fraction of sp³-hybridized carbons (Fsp3) is 0.654. The van der Waals surface area contributed by atoms with Crippen molar-refractivity contribution < 1.29 is 27.6 Å².